The van der Waals surface area contributed by atoms with Crippen LogP contribution in [-0.4, -0.2) is 32.6 Å². The zero-order valence-electron chi connectivity index (χ0n) is 8.98. The summed E-state index contributed by atoms with van der Waals surface area (Å²) in [7, 11) is -4.15. The van der Waals surface area contributed by atoms with Crippen LogP contribution in [0.5, 0.6) is 0 Å². The molecule has 0 bridgehead atoms. The number of hydrogen-bond donors (Lipinski definition) is 3. The van der Waals surface area contributed by atoms with Crippen LogP contribution >= 0.6 is 11.6 Å². The number of halogens is 3. The molecule has 0 heterocycles. The van der Waals surface area contributed by atoms with E-state index in [0.717, 1.165) is 0 Å². The molecule has 0 saturated carbocycles. The highest BCUT2D eigenvalue weighted by Gasteiger charge is 2.24. The van der Waals surface area contributed by atoms with E-state index < -0.39 is 34.0 Å². The number of hydrogen-bond acceptors (Lipinski definition) is 4. The first-order chi connectivity index (χ1) is 8.25. The van der Waals surface area contributed by atoms with Gasteiger partial charge in [0.05, 0.1) is 10.7 Å². The number of nitrogen functional groups attached to an aromatic ring is 1. The van der Waals surface area contributed by atoms with Gasteiger partial charge in [0.15, 0.2) is 0 Å². The molecule has 4 N–H and O–H groups in total. The van der Waals surface area contributed by atoms with Crippen LogP contribution in [0, 0.1) is 0 Å². The maximum Gasteiger partial charge on any atom is 0.265 e. The van der Waals surface area contributed by atoms with E-state index in [0.29, 0.717) is 0 Å². The number of anilines is 1. The molecule has 1 rings (SSSR count). The molecule has 0 amide bonds. The molecule has 5 nitrogen and oxygen atoms in total. The normalized spacial score (nSPS) is 13.8. The van der Waals surface area contributed by atoms with E-state index in [9.17, 15) is 17.2 Å². The number of alkyl halides is 2. The zero-order valence-corrected chi connectivity index (χ0v) is 10.5. The highest BCUT2D eigenvalue weighted by Crippen LogP contribution is 2.26. The second kappa shape index (κ2) is 5.79. The Labute approximate surface area is 108 Å². The summed E-state index contributed by atoms with van der Waals surface area (Å²) in [5, 5.41) is 8.70. The number of aliphatic hydroxyl groups excluding tert-OH is 1. The third-order valence-corrected chi connectivity index (χ3v) is 4.01. The van der Waals surface area contributed by atoms with Gasteiger partial charge < -0.3 is 10.8 Å². The van der Waals surface area contributed by atoms with Crippen molar-refractivity contribution in [1.29, 1.82) is 0 Å². The van der Waals surface area contributed by atoms with Gasteiger partial charge in [0, 0.05) is 6.54 Å². The van der Waals surface area contributed by atoms with Crippen molar-refractivity contribution in [2.75, 3.05) is 12.3 Å². The van der Waals surface area contributed by atoms with Crippen molar-refractivity contribution in [2.45, 2.75) is 17.4 Å². The molecule has 102 valence electrons. The molecule has 0 spiro atoms. The van der Waals surface area contributed by atoms with Crippen molar-refractivity contribution >= 4 is 27.3 Å². The number of sulfonamides is 1. The fourth-order valence-electron chi connectivity index (χ4n) is 1.17. The quantitative estimate of drug-likeness (QED) is 0.702. The molecule has 0 aliphatic rings. The van der Waals surface area contributed by atoms with Crippen LogP contribution in [0.1, 0.15) is 0 Å². The maximum atomic E-state index is 12.0. The van der Waals surface area contributed by atoms with Crippen LogP contribution in [0.4, 0.5) is 14.5 Å². The molecular formula is C9H11ClF2N2O3S. The monoisotopic (exact) mass is 300 g/mol. The minimum absolute atomic E-state index is 0.110. The molecule has 1 aromatic carbocycles. The summed E-state index contributed by atoms with van der Waals surface area (Å²) in [6.45, 7) is -0.829. The van der Waals surface area contributed by atoms with Crippen molar-refractivity contribution in [2.24, 2.45) is 0 Å². The van der Waals surface area contributed by atoms with Gasteiger partial charge in [-0.05, 0) is 12.1 Å². The summed E-state index contributed by atoms with van der Waals surface area (Å²) in [4.78, 5) is -0.395. The number of aliphatic hydroxyl groups is 1. The van der Waals surface area contributed by atoms with Crippen LogP contribution in [0.15, 0.2) is 23.1 Å². The molecule has 0 aromatic heterocycles. The lowest BCUT2D eigenvalue weighted by Gasteiger charge is -2.13. The Balaban J connectivity index is 2.94. The molecule has 9 heteroatoms. The van der Waals surface area contributed by atoms with Crippen molar-refractivity contribution in [3.05, 3.63) is 23.2 Å². The van der Waals surface area contributed by atoms with E-state index in [2.05, 4.69) is 0 Å². The van der Waals surface area contributed by atoms with Crippen LogP contribution in [0.25, 0.3) is 0 Å². The third-order valence-electron chi connectivity index (χ3n) is 2.04. The average molecular weight is 301 g/mol. The van der Waals surface area contributed by atoms with E-state index >= 15 is 0 Å². The van der Waals surface area contributed by atoms with E-state index in [4.69, 9.17) is 22.4 Å². The smallest absolute Gasteiger partial charge is 0.265 e. The van der Waals surface area contributed by atoms with Gasteiger partial charge in [0.1, 0.15) is 11.0 Å². The second-order valence-corrected chi connectivity index (χ2v) is 5.52. The van der Waals surface area contributed by atoms with Crippen LogP contribution in [-0.2, 0) is 10.0 Å². The Morgan fingerprint density at radius 1 is 1.44 bits per heavy atom. The first-order valence-corrected chi connectivity index (χ1v) is 6.61. The Hall–Kier alpha value is -0.960. The third kappa shape index (κ3) is 3.52. The van der Waals surface area contributed by atoms with Gasteiger partial charge in [-0.2, -0.15) is 0 Å². The lowest BCUT2D eigenvalue weighted by Crippen LogP contribution is -2.36. The van der Waals surface area contributed by atoms with Crippen molar-refractivity contribution in [3.8, 4) is 0 Å². The molecule has 0 saturated heterocycles. The standard InChI is InChI=1S/C9H11ClF2N2O3S/c10-5-2-1-3-6(13)8(5)18(16,17)14-4-7(15)9(11)12/h1-3,7,9,14-15H,4,13H2. The second-order valence-electron chi connectivity index (χ2n) is 3.41. The number of nitrogens with one attached hydrogen (secondary N) is 1. The lowest BCUT2D eigenvalue weighted by atomic mass is 10.3. The summed E-state index contributed by atoms with van der Waals surface area (Å²) in [6, 6.07) is 4.06. The van der Waals surface area contributed by atoms with Crippen molar-refractivity contribution in [3.63, 3.8) is 0 Å². The summed E-state index contributed by atoms with van der Waals surface area (Å²) in [5.74, 6) is 0. The van der Waals surface area contributed by atoms with Gasteiger partial charge in [-0.1, -0.05) is 17.7 Å². The lowest BCUT2D eigenvalue weighted by molar-refractivity contribution is -0.000449. The van der Waals surface area contributed by atoms with Crippen molar-refractivity contribution in [1.82, 2.24) is 4.72 Å². The Bertz CT molecular complexity index is 504. The van der Waals surface area contributed by atoms with Crippen LogP contribution in [0.3, 0.4) is 0 Å². The average Bonchev–Trinajstić information content (AvgIpc) is 2.25. The van der Waals surface area contributed by atoms with Crippen molar-refractivity contribution < 1.29 is 22.3 Å². The molecule has 18 heavy (non-hydrogen) atoms. The van der Waals surface area contributed by atoms with Gasteiger partial charge in [0.2, 0.25) is 10.0 Å². The van der Waals surface area contributed by atoms with E-state index in [1.165, 1.54) is 18.2 Å². The topological polar surface area (TPSA) is 92.4 Å². The van der Waals surface area contributed by atoms with Gasteiger partial charge in [0.25, 0.3) is 6.43 Å². The minimum atomic E-state index is -4.15. The first-order valence-electron chi connectivity index (χ1n) is 4.75. The SMILES string of the molecule is Nc1cccc(Cl)c1S(=O)(=O)NCC(O)C(F)F. The Morgan fingerprint density at radius 3 is 2.56 bits per heavy atom. The molecular weight excluding hydrogens is 290 g/mol. The molecule has 0 fully saturated rings. The molecule has 0 aliphatic carbocycles. The van der Waals surface area contributed by atoms with Gasteiger partial charge >= 0.3 is 0 Å². The van der Waals surface area contributed by atoms with E-state index in [1.54, 1.807) is 0 Å². The first kappa shape index (κ1) is 15.1. The number of rotatable bonds is 5. The highest BCUT2D eigenvalue weighted by molar-refractivity contribution is 7.89. The summed E-state index contributed by atoms with van der Waals surface area (Å²) < 4.78 is 49.4. The highest BCUT2D eigenvalue weighted by atomic mass is 35.5. The predicted molar refractivity (Wildman–Crippen MR) is 63.1 cm³/mol. The maximum absolute atomic E-state index is 12.0. The summed E-state index contributed by atoms with van der Waals surface area (Å²) >= 11 is 5.68. The fraction of sp³-hybridized carbons (Fsp3) is 0.333. The number of benzene rings is 1. The van der Waals surface area contributed by atoms with Gasteiger partial charge in [-0.3, -0.25) is 0 Å². The van der Waals surface area contributed by atoms with E-state index in [-0.39, 0.29) is 10.7 Å². The van der Waals surface area contributed by atoms with Gasteiger partial charge in [-0.15, -0.1) is 0 Å². The Morgan fingerprint density at radius 2 is 2.06 bits per heavy atom. The van der Waals surface area contributed by atoms with Gasteiger partial charge in [-0.25, -0.2) is 21.9 Å². The molecule has 1 unspecified atom stereocenters. The molecule has 1 aromatic rings. The fourth-order valence-corrected chi connectivity index (χ4v) is 2.89. The molecule has 0 aliphatic heterocycles. The summed E-state index contributed by atoms with van der Waals surface area (Å²) in [6.07, 6.45) is -5.14. The minimum Gasteiger partial charge on any atom is -0.398 e. The zero-order chi connectivity index (χ0) is 13.9. The van der Waals surface area contributed by atoms with Crippen LogP contribution < -0.4 is 10.5 Å². The number of nitrogens with two attached hydrogens (primary N) is 1. The van der Waals surface area contributed by atoms with E-state index in [1.807, 2.05) is 4.72 Å². The Kier molecular flexibility index (Phi) is 4.85. The largest absolute Gasteiger partial charge is 0.398 e. The predicted octanol–water partition coefficient (Wildman–Crippen LogP) is 0.827. The van der Waals surface area contributed by atoms with Crippen LogP contribution in [0.2, 0.25) is 5.02 Å². The summed E-state index contributed by atoms with van der Waals surface area (Å²) in [5.41, 5.74) is 5.35. The molecule has 0 radical (unpaired) electrons. The molecule has 1 atom stereocenters.